The molecule has 0 bridgehead atoms. The standard InChI is InChI=1S/C13H22N2S/c1-4-5-6-7-10-16-13-12(11(2)3)14-8-9-15-13/h8-9,11H,4-7,10H2,1-3H3. The molecule has 0 saturated carbocycles. The highest BCUT2D eigenvalue weighted by molar-refractivity contribution is 7.99. The summed E-state index contributed by atoms with van der Waals surface area (Å²) in [4.78, 5) is 8.83. The number of aromatic nitrogens is 2. The smallest absolute Gasteiger partial charge is 0.118 e. The molecule has 0 aliphatic carbocycles. The van der Waals surface area contributed by atoms with Gasteiger partial charge in [-0.15, -0.1) is 11.8 Å². The van der Waals surface area contributed by atoms with Crippen molar-refractivity contribution in [3.8, 4) is 0 Å². The monoisotopic (exact) mass is 238 g/mol. The van der Waals surface area contributed by atoms with Crippen LogP contribution >= 0.6 is 11.8 Å². The molecule has 3 heteroatoms. The molecular formula is C13H22N2S. The Bertz CT molecular complexity index is 300. The summed E-state index contributed by atoms with van der Waals surface area (Å²) in [5.41, 5.74) is 1.14. The molecule has 0 saturated heterocycles. The molecule has 0 aliphatic heterocycles. The van der Waals surface area contributed by atoms with E-state index in [1.54, 1.807) is 12.4 Å². The van der Waals surface area contributed by atoms with Crippen molar-refractivity contribution in [3.05, 3.63) is 18.1 Å². The minimum absolute atomic E-state index is 0.465. The molecule has 0 aromatic carbocycles. The largest absolute Gasteiger partial charge is 0.257 e. The summed E-state index contributed by atoms with van der Waals surface area (Å²) in [5.74, 6) is 1.63. The highest BCUT2D eigenvalue weighted by Crippen LogP contribution is 2.25. The summed E-state index contributed by atoms with van der Waals surface area (Å²) < 4.78 is 0. The van der Waals surface area contributed by atoms with E-state index in [-0.39, 0.29) is 0 Å². The van der Waals surface area contributed by atoms with Crippen molar-refractivity contribution >= 4 is 11.8 Å². The fourth-order valence-electron chi connectivity index (χ4n) is 1.54. The van der Waals surface area contributed by atoms with Crippen molar-refractivity contribution in [2.75, 3.05) is 5.75 Å². The van der Waals surface area contributed by atoms with Crippen LogP contribution < -0.4 is 0 Å². The zero-order chi connectivity index (χ0) is 11.8. The van der Waals surface area contributed by atoms with Crippen LogP contribution in [-0.4, -0.2) is 15.7 Å². The first-order chi connectivity index (χ1) is 7.75. The lowest BCUT2D eigenvalue weighted by atomic mass is 10.1. The average molecular weight is 238 g/mol. The highest BCUT2D eigenvalue weighted by atomic mass is 32.2. The molecule has 1 aromatic rings. The van der Waals surface area contributed by atoms with Crippen LogP contribution in [0.4, 0.5) is 0 Å². The summed E-state index contributed by atoms with van der Waals surface area (Å²) in [7, 11) is 0. The van der Waals surface area contributed by atoms with E-state index < -0.39 is 0 Å². The first kappa shape index (κ1) is 13.5. The van der Waals surface area contributed by atoms with Crippen LogP contribution in [-0.2, 0) is 0 Å². The molecule has 0 N–H and O–H groups in total. The van der Waals surface area contributed by atoms with Gasteiger partial charge in [0.1, 0.15) is 5.03 Å². The molecule has 90 valence electrons. The van der Waals surface area contributed by atoms with Gasteiger partial charge in [-0.2, -0.15) is 0 Å². The highest BCUT2D eigenvalue weighted by Gasteiger charge is 2.08. The molecule has 1 heterocycles. The van der Waals surface area contributed by atoms with Gasteiger partial charge in [0.25, 0.3) is 0 Å². The third-order valence-electron chi connectivity index (χ3n) is 2.47. The van der Waals surface area contributed by atoms with E-state index in [4.69, 9.17) is 0 Å². The van der Waals surface area contributed by atoms with Crippen LogP contribution in [0.5, 0.6) is 0 Å². The normalized spacial score (nSPS) is 11.0. The molecule has 16 heavy (non-hydrogen) atoms. The summed E-state index contributed by atoms with van der Waals surface area (Å²) >= 11 is 1.85. The molecule has 1 rings (SSSR count). The molecule has 0 fully saturated rings. The SMILES string of the molecule is CCCCCCSc1nccnc1C(C)C. The first-order valence-electron chi connectivity index (χ1n) is 6.19. The minimum Gasteiger partial charge on any atom is -0.257 e. The number of unbranched alkanes of at least 4 members (excludes halogenated alkanes) is 3. The van der Waals surface area contributed by atoms with Crippen LogP contribution in [0, 0.1) is 0 Å². The van der Waals surface area contributed by atoms with E-state index in [9.17, 15) is 0 Å². The molecule has 0 aliphatic rings. The van der Waals surface area contributed by atoms with Gasteiger partial charge in [-0.1, -0.05) is 40.0 Å². The minimum atomic E-state index is 0.465. The van der Waals surface area contributed by atoms with Crippen molar-refractivity contribution < 1.29 is 0 Å². The van der Waals surface area contributed by atoms with Crippen LogP contribution in [0.25, 0.3) is 0 Å². The van der Waals surface area contributed by atoms with E-state index in [1.807, 2.05) is 11.8 Å². The predicted molar refractivity (Wildman–Crippen MR) is 71.0 cm³/mol. The number of hydrogen-bond acceptors (Lipinski definition) is 3. The van der Waals surface area contributed by atoms with Gasteiger partial charge in [0.15, 0.2) is 0 Å². The maximum atomic E-state index is 4.42. The number of thioether (sulfide) groups is 1. The summed E-state index contributed by atoms with van der Waals surface area (Å²) in [5, 5.41) is 1.12. The molecule has 0 radical (unpaired) electrons. The van der Waals surface area contributed by atoms with E-state index >= 15 is 0 Å². The third-order valence-corrected chi connectivity index (χ3v) is 3.56. The van der Waals surface area contributed by atoms with Gasteiger partial charge >= 0.3 is 0 Å². The number of rotatable bonds is 7. The molecule has 2 nitrogen and oxygen atoms in total. The lowest BCUT2D eigenvalue weighted by Crippen LogP contribution is -1.98. The van der Waals surface area contributed by atoms with Crippen molar-refractivity contribution in [1.82, 2.24) is 9.97 Å². The van der Waals surface area contributed by atoms with E-state index in [1.165, 1.54) is 31.4 Å². The van der Waals surface area contributed by atoms with Crippen LogP contribution in [0.2, 0.25) is 0 Å². The Kier molecular flexibility index (Phi) is 6.46. The van der Waals surface area contributed by atoms with E-state index in [0.717, 1.165) is 10.7 Å². The Morgan fingerprint density at radius 1 is 1.12 bits per heavy atom. The Morgan fingerprint density at radius 3 is 2.56 bits per heavy atom. The summed E-state index contributed by atoms with van der Waals surface area (Å²) in [6, 6.07) is 0. The van der Waals surface area contributed by atoms with Gasteiger partial charge in [-0.05, 0) is 18.1 Å². The first-order valence-corrected chi connectivity index (χ1v) is 7.18. The second kappa shape index (κ2) is 7.66. The molecule has 0 spiro atoms. The second-order valence-corrected chi connectivity index (χ2v) is 5.39. The fraction of sp³-hybridized carbons (Fsp3) is 0.692. The van der Waals surface area contributed by atoms with Crippen molar-refractivity contribution in [1.29, 1.82) is 0 Å². The maximum absolute atomic E-state index is 4.42. The van der Waals surface area contributed by atoms with Gasteiger partial charge in [0.2, 0.25) is 0 Å². The van der Waals surface area contributed by atoms with Crippen molar-refractivity contribution in [2.24, 2.45) is 0 Å². The van der Waals surface area contributed by atoms with Gasteiger partial charge in [-0.25, -0.2) is 4.98 Å². The molecule has 0 unspecified atom stereocenters. The Morgan fingerprint density at radius 2 is 1.88 bits per heavy atom. The molecule has 0 amide bonds. The van der Waals surface area contributed by atoms with Gasteiger partial charge in [0, 0.05) is 12.4 Å². The Hall–Kier alpha value is -0.570. The van der Waals surface area contributed by atoms with Crippen LogP contribution in [0.15, 0.2) is 17.4 Å². The second-order valence-electron chi connectivity index (χ2n) is 4.31. The summed E-state index contributed by atoms with van der Waals surface area (Å²) in [6.45, 7) is 6.59. The van der Waals surface area contributed by atoms with E-state index in [0.29, 0.717) is 5.92 Å². The quantitative estimate of drug-likeness (QED) is 0.524. The van der Waals surface area contributed by atoms with Crippen molar-refractivity contribution in [2.45, 2.75) is 57.4 Å². The van der Waals surface area contributed by atoms with Crippen molar-refractivity contribution in [3.63, 3.8) is 0 Å². The maximum Gasteiger partial charge on any atom is 0.118 e. The number of hydrogen-bond donors (Lipinski definition) is 0. The zero-order valence-electron chi connectivity index (χ0n) is 10.6. The van der Waals surface area contributed by atoms with Gasteiger partial charge in [-0.3, -0.25) is 4.98 Å². The summed E-state index contributed by atoms with van der Waals surface area (Å²) in [6.07, 6.45) is 8.84. The Balaban J connectivity index is 2.41. The predicted octanol–water partition coefficient (Wildman–Crippen LogP) is 4.27. The molecule has 1 aromatic heterocycles. The number of nitrogens with zero attached hydrogens (tertiary/aromatic N) is 2. The average Bonchev–Trinajstić information content (AvgIpc) is 2.29. The lowest BCUT2D eigenvalue weighted by Gasteiger charge is -2.09. The molecular weight excluding hydrogens is 216 g/mol. The zero-order valence-corrected chi connectivity index (χ0v) is 11.4. The Labute approximate surface area is 103 Å². The topological polar surface area (TPSA) is 25.8 Å². The van der Waals surface area contributed by atoms with Crippen LogP contribution in [0.1, 0.15) is 58.1 Å². The lowest BCUT2D eigenvalue weighted by molar-refractivity contribution is 0.705. The van der Waals surface area contributed by atoms with Gasteiger partial charge < -0.3 is 0 Å². The van der Waals surface area contributed by atoms with E-state index in [2.05, 4.69) is 30.7 Å². The van der Waals surface area contributed by atoms with Gasteiger partial charge in [0.05, 0.1) is 5.69 Å². The molecule has 0 atom stereocenters. The third kappa shape index (κ3) is 4.52. The fourth-order valence-corrected chi connectivity index (χ4v) is 2.65. The van der Waals surface area contributed by atoms with Crippen LogP contribution in [0.3, 0.4) is 0 Å².